The first kappa shape index (κ1) is 32.0. The first-order valence-electron chi connectivity index (χ1n) is 14.6. The lowest BCUT2D eigenvalue weighted by atomic mass is 9.76. The molecule has 0 spiro atoms. The normalized spacial score (nSPS) is 22.2. The average molecular weight is 657 g/mol. The number of benzene rings is 3. The van der Waals surface area contributed by atoms with Crippen LogP contribution in [0.5, 0.6) is 0 Å². The molecule has 1 aliphatic heterocycles. The second-order valence-electron chi connectivity index (χ2n) is 11.3. The zero-order chi connectivity index (χ0) is 31.4. The molecule has 232 valence electrons. The van der Waals surface area contributed by atoms with Gasteiger partial charge in [0.25, 0.3) is 5.91 Å². The number of nitrogens with one attached hydrogen (secondary N) is 2. The van der Waals surface area contributed by atoms with Crippen molar-refractivity contribution in [3.8, 4) is 0 Å². The third-order valence-electron chi connectivity index (χ3n) is 8.32. The Bertz CT molecular complexity index is 1680. The number of aliphatic hydroxyl groups is 1. The Morgan fingerprint density at radius 1 is 1.02 bits per heavy atom. The monoisotopic (exact) mass is 655 g/mol. The minimum atomic E-state index is -3.57. The predicted octanol–water partition coefficient (Wildman–Crippen LogP) is 6.02. The quantitative estimate of drug-likeness (QED) is 0.244. The van der Waals surface area contributed by atoms with Crippen molar-refractivity contribution in [2.24, 2.45) is 0 Å². The maximum Gasteiger partial charge on any atom is 0.255 e. The number of amides is 2. The van der Waals surface area contributed by atoms with Crippen LogP contribution >= 0.6 is 23.2 Å². The molecule has 3 aromatic carbocycles. The lowest BCUT2D eigenvalue weighted by Crippen LogP contribution is -2.59. The lowest BCUT2D eigenvalue weighted by molar-refractivity contribution is -0.124. The zero-order valence-electron chi connectivity index (χ0n) is 24.2. The summed E-state index contributed by atoms with van der Waals surface area (Å²) >= 11 is 13.1. The molecular formula is C33H35Cl2N3O5S. The number of hydrogen-bond donors (Lipinski definition) is 3. The van der Waals surface area contributed by atoms with Gasteiger partial charge in [0.05, 0.1) is 24.5 Å². The molecule has 0 aromatic heterocycles. The number of carbonyl (C=O) groups excluding carboxylic acids is 2. The van der Waals surface area contributed by atoms with E-state index in [1.54, 1.807) is 53.4 Å². The van der Waals surface area contributed by atoms with Crippen molar-refractivity contribution in [2.75, 3.05) is 12.8 Å². The molecule has 4 atom stereocenters. The molecule has 2 aliphatic rings. The summed E-state index contributed by atoms with van der Waals surface area (Å²) in [5.74, 6) is -1.38. The molecule has 2 amide bonds. The number of sulfonamides is 1. The van der Waals surface area contributed by atoms with Gasteiger partial charge < -0.3 is 15.3 Å². The summed E-state index contributed by atoms with van der Waals surface area (Å²) in [6, 6.07) is 17.9. The number of fused-ring (bicyclic) bond motifs is 1. The van der Waals surface area contributed by atoms with Crippen LogP contribution in [0, 0.1) is 0 Å². The highest BCUT2D eigenvalue weighted by Gasteiger charge is 2.49. The van der Waals surface area contributed by atoms with E-state index in [2.05, 4.69) is 10.0 Å². The molecule has 0 saturated heterocycles. The van der Waals surface area contributed by atoms with E-state index in [0.29, 0.717) is 52.5 Å². The van der Waals surface area contributed by atoms with E-state index < -0.39 is 34.1 Å². The molecule has 11 heteroatoms. The topological polar surface area (TPSA) is 116 Å². The Balaban J connectivity index is 1.56. The van der Waals surface area contributed by atoms with Crippen LogP contribution in [-0.2, 0) is 21.2 Å². The van der Waals surface area contributed by atoms with Crippen LogP contribution in [0.1, 0.15) is 70.3 Å². The van der Waals surface area contributed by atoms with Gasteiger partial charge in [-0.1, -0.05) is 84.6 Å². The minimum Gasteiger partial charge on any atom is -0.516 e. The summed E-state index contributed by atoms with van der Waals surface area (Å²) in [7, 11) is -3.57. The minimum absolute atomic E-state index is 0.276. The van der Waals surface area contributed by atoms with E-state index >= 15 is 0 Å². The van der Waals surface area contributed by atoms with Crippen LogP contribution in [0.3, 0.4) is 0 Å². The fraction of sp³-hybridized carbons (Fsp3) is 0.333. The van der Waals surface area contributed by atoms with Gasteiger partial charge in [-0.3, -0.25) is 9.59 Å². The van der Waals surface area contributed by atoms with Crippen LogP contribution in [-0.4, -0.2) is 55.1 Å². The summed E-state index contributed by atoms with van der Waals surface area (Å²) in [6.07, 6.45) is 6.98. The molecule has 8 nitrogen and oxygen atoms in total. The Morgan fingerprint density at radius 2 is 1.80 bits per heavy atom. The van der Waals surface area contributed by atoms with Crippen molar-refractivity contribution in [3.05, 3.63) is 111 Å². The standard InChI is InChI=1S/C33H35Cl2N3O5S/c1-44(42,43)37-28-11-4-5-12-29(28)38-31(26-14-13-23(34)20-27(26)35)30(24-9-2-3-10-25(24)33(38)41)32(40)36-17-15-21-7-6-8-22(19-21)16-18-39/h2-3,6-10,13-14,16,18-20,28-31,37,39H,4-5,11-12,15,17H2,1H3,(H,36,40)/b18-16+/t28-,29-,30+,31-/m0/s1. The van der Waals surface area contributed by atoms with E-state index in [-0.39, 0.29) is 11.8 Å². The molecule has 0 radical (unpaired) electrons. The maximum absolute atomic E-state index is 14.4. The lowest BCUT2D eigenvalue weighted by Gasteiger charge is -2.49. The molecule has 44 heavy (non-hydrogen) atoms. The molecule has 3 aromatic rings. The molecule has 5 rings (SSSR count). The first-order chi connectivity index (χ1) is 21.1. The van der Waals surface area contributed by atoms with Crippen LogP contribution in [0.4, 0.5) is 0 Å². The van der Waals surface area contributed by atoms with Gasteiger partial charge in [0, 0.05) is 34.2 Å². The van der Waals surface area contributed by atoms with Crippen molar-refractivity contribution < 1.29 is 23.1 Å². The van der Waals surface area contributed by atoms with E-state index in [4.69, 9.17) is 28.3 Å². The summed E-state index contributed by atoms with van der Waals surface area (Å²) in [5.41, 5.74) is 3.37. The van der Waals surface area contributed by atoms with Crippen LogP contribution < -0.4 is 10.0 Å². The number of halogens is 2. The summed E-state index contributed by atoms with van der Waals surface area (Å²) in [4.78, 5) is 30.3. The highest BCUT2D eigenvalue weighted by molar-refractivity contribution is 7.88. The molecule has 1 aliphatic carbocycles. The molecule has 3 N–H and O–H groups in total. The molecule has 1 saturated carbocycles. The molecule has 1 heterocycles. The Hall–Kier alpha value is -3.37. The number of carbonyl (C=O) groups is 2. The predicted molar refractivity (Wildman–Crippen MR) is 173 cm³/mol. The maximum atomic E-state index is 14.4. The number of nitrogens with zero attached hydrogens (tertiary/aromatic N) is 1. The molecule has 1 fully saturated rings. The third kappa shape index (κ3) is 7.12. The first-order valence-corrected chi connectivity index (χ1v) is 17.2. The van der Waals surface area contributed by atoms with Crippen molar-refractivity contribution in [3.63, 3.8) is 0 Å². The van der Waals surface area contributed by atoms with Gasteiger partial charge in [-0.2, -0.15) is 0 Å². The van der Waals surface area contributed by atoms with E-state index in [1.807, 2.05) is 24.3 Å². The number of aliphatic hydroxyl groups excluding tert-OH is 1. The zero-order valence-corrected chi connectivity index (χ0v) is 26.6. The van der Waals surface area contributed by atoms with E-state index in [0.717, 1.165) is 36.5 Å². The second-order valence-corrected chi connectivity index (χ2v) is 14.0. The van der Waals surface area contributed by atoms with Crippen molar-refractivity contribution in [1.82, 2.24) is 14.9 Å². The van der Waals surface area contributed by atoms with Gasteiger partial charge in [-0.15, -0.1) is 0 Å². The third-order valence-corrected chi connectivity index (χ3v) is 9.62. The van der Waals surface area contributed by atoms with Gasteiger partial charge in [0.15, 0.2) is 0 Å². The van der Waals surface area contributed by atoms with Crippen LogP contribution in [0.15, 0.2) is 73.0 Å². The van der Waals surface area contributed by atoms with Crippen molar-refractivity contribution in [2.45, 2.75) is 56.1 Å². The largest absolute Gasteiger partial charge is 0.516 e. The highest BCUT2D eigenvalue weighted by atomic mass is 35.5. The average Bonchev–Trinajstić information content (AvgIpc) is 2.97. The fourth-order valence-electron chi connectivity index (χ4n) is 6.51. The van der Waals surface area contributed by atoms with Crippen LogP contribution in [0.2, 0.25) is 10.0 Å². The number of rotatable bonds is 9. The second kappa shape index (κ2) is 13.7. The van der Waals surface area contributed by atoms with Gasteiger partial charge in [-0.05, 0) is 65.8 Å². The van der Waals surface area contributed by atoms with Crippen molar-refractivity contribution >= 4 is 51.1 Å². The highest BCUT2D eigenvalue weighted by Crippen LogP contribution is 2.47. The van der Waals surface area contributed by atoms with Gasteiger partial charge in [0.2, 0.25) is 15.9 Å². The Kier molecular flexibility index (Phi) is 10.00. The molecule has 0 bridgehead atoms. The van der Waals surface area contributed by atoms with E-state index in [9.17, 15) is 18.0 Å². The molecule has 0 unspecified atom stereocenters. The molecular weight excluding hydrogens is 621 g/mol. The Labute approximate surface area is 268 Å². The van der Waals surface area contributed by atoms with Gasteiger partial charge in [-0.25, -0.2) is 13.1 Å². The summed E-state index contributed by atoms with van der Waals surface area (Å²) in [6.45, 7) is 0.334. The summed E-state index contributed by atoms with van der Waals surface area (Å²) < 4.78 is 27.5. The van der Waals surface area contributed by atoms with Crippen LogP contribution in [0.25, 0.3) is 6.08 Å². The van der Waals surface area contributed by atoms with Gasteiger partial charge in [0.1, 0.15) is 0 Å². The summed E-state index contributed by atoms with van der Waals surface area (Å²) in [5, 5.41) is 12.9. The SMILES string of the molecule is CS(=O)(=O)N[C@H]1CCCC[C@@H]1N1C(=O)c2ccccc2[C@@H](C(=O)NCCc2cccc(/C=C/O)c2)[C@@H]1c1ccc(Cl)cc1Cl. The fourth-order valence-corrected chi connectivity index (χ4v) is 7.85. The van der Waals surface area contributed by atoms with Gasteiger partial charge >= 0.3 is 0 Å². The van der Waals surface area contributed by atoms with E-state index in [1.165, 1.54) is 0 Å². The smallest absolute Gasteiger partial charge is 0.255 e. The number of hydrogen-bond acceptors (Lipinski definition) is 5. The Morgan fingerprint density at radius 3 is 2.55 bits per heavy atom. The van der Waals surface area contributed by atoms with Crippen molar-refractivity contribution in [1.29, 1.82) is 0 Å².